The summed E-state index contributed by atoms with van der Waals surface area (Å²) in [5.41, 5.74) is 2.12. The number of ether oxygens (including phenoxy) is 1. The third-order valence-corrected chi connectivity index (χ3v) is 7.02. The van der Waals surface area contributed by atoms with Crippen molar-refractivity contribution in [2.24, 2.45) is 5.92 Å². The summed E-state index contributed by atoms with van der Waals surface area (Å²) in [6.07, 6.45) is 2.48. The van der Waals surface area contributed by atoms with Gasteiger partial charge in [0.1, 0.15) is 17.4 Å². The highest BCUT2D eigenvalue weighted by Gasteiger charge is 2.28. The van der Waals surface area contributed by atoms with Gasteiger partial charge in [0.15, 0.2) is 0 Å². The van der Waals surface area contributed by atoms with Crippen molar-refractivity contribution in [3.05, 3.63) is 45.9 Å². The summed E-state index contributed by atoms with van der Waals surface area (Å²) < 4.78 is 5.21. The number of carbonyl (C=O) groups is 1. The van der Waals surface area contributed by atoms with Crippen LogP contribution in [-0.4, -0.2) is 36.1 Å². The van der Waals surface area contributed by atoms with Crippen molar-refractivity contribution in [1.82, 2.24) is 15.3 Å². The number of carbonyl (C=O) groups excluding carboxylic acids is 1. The number of fused-ring (bicyclic) bond motifs is 1. The quantitative estimate of drug-likeness (QED) is 0.606. The minimum atomic E-state index is -0.0292. The second-order valence-corrected chi connectivity index (χ2v) is 9.22. The molecule has 1 N–H and O–H groups in total. The predicted molar refractivity (Wildman–Crippen MR) is 126 cm³/mol. The largest absolute Gasteiger partial charge is 0.497 e. The number of nitrogens with zero attached hydrogens (tertiary/aromatic N) is 3. The van der Waals surface area contributed by atoms with Crippen molar-refractivity contribution in [3.8, 4) is 5.75 Å². The van der Waals surface area contributed by atoms with E-state index in [0.717, 1.165) is 60.8 Å². The molecule has 31 heavy (non-hydrogen) atoms. The molecule has 1 amide bonds. The fraction of sp³-hybridized carbons (Fsp3) is 0.458. The average molecular weight is 439 g/mol. The van der Waals surface area contributed by atoms with Crippen LogP contribution in [0.15, 0.2) is 29.6 Å². The van der Waals surface area contributed by atoms with Gasteiger partial charge in [-0.3, -0.25) is 4.79 Å². The lowest BCUT2D eigenvalue weighted by Crippen LogP contribution is -2.41. The molecule has 1 aromatic carbocycles. The molecule has 0 unspecified atom stereocenters. The SMILES string of the molecule is CCc1nc(N2CCC(C(=O)N[C@H](C)c3ccc(OC)cc3)CC2)c2c(C)scc2n1. The van der Waals surface area contributed by atoms with Crippen LogP contribution in [-0.2, 0) is 11.2 Å². The number of amides is 1. The first-order valence-electron chi connectivity index (χ1n) is 10.9. The summed E-state index contributed by atoms with van der Waals surface area (Å²) in [7, 11) is 1.65. The predicted octanol–water partition coefficient (Wildman–Crippen LogP) is 4.66. The second kappa shape index (κ2) is 9.22. The standard InChI is InChI=1S/C24H30N4O2S/c1-5-21-26-20-14-31-16(3)22(20)23(27-21)28-12-10-18(11-13-28)24(29)25-15(2)17-6-8-19(30-4)9-7-17/h6-9,14-15,18H,5,10-13H2,1-4H3,(H,25,29)/t15-/m1/s1. The van der Waals surface area contributed by atoms with Gasteiger partial charge in [-0.1, -0.05) is 19.1 Å². The average Bonchev–Trinajstić information content (AvgIpc) is 3.19. The molecular weight excluding hydrogens is 408 g/mol. The zero-order valence-corrected chi connectivity index (χ0v) is 19.5. The van der Waals surface area contributed by atoms with Crippen LogP contribution in [0.4, 0.5) is 5.82 Å². The van der Waals surface area contributed by atoms with E-state index in [1.807, 2.05) is 31.2 Å². The highest BCUT2D eigenvalue weighted by Crippen LogP contribution is 2.33. The Bertz CT molecular complexity index is 1060. The molecule has 0 bridgehead atoms. The number of hydrogen-bond acceptors (Lipinski definition) is 6. The zero-order valence-electron chi connectivity index (χ0n) is 18.6. The van der Waals surface area contributed by atoms with Gasteiger partial charge in [0.05, 0.1) is 24.1 Å². The number of anilines is 1. The van der Waals surface area contributed by atoms with Crippen LogP contribution in [0.5, 0.6) is 5.75 Å². The molecule has 0 radical (unpaired) electrons. The van der Waals surface area contributed by atoms with Crippen LogP contribution < -0.4 is 15.0 Å². The molecule has 2 aromatic heterocycles. The van der Waals surface area contributed by atoms with Gasteiger partial charge in [-0.25, -0.2) is 9.97 Å². The van der Waals surface area contributed by atoms with Gasteiger partial charge in [0.2, 0.25) is 5.91 Å². The Labute approximate surface area is 187 Å². The summed E-state index contributed by atoms with van der Waals surface area (Å²) in [4.78, 5) is 26.0. The summed E-state index contributed by atoms with van der Waals surface area (Å²) in [6, 6.07) is 7.83. The van der Waals surface area contributed by atoms with Gasteiger partial charge < -0.3 is 15.0 Å². The lowest BCUT2D eigenvalue weighted by Gasteiger charge is -2.33. The third-order valence-electron chi connectivity index (χ3n) is 6.12. The maximum Gasteiger partial charge on any atom is 0.223 e. The van der Waals surface area contributed by atoms with E-state index in [-0.39, 0.29) is 17.9 Å². The summed E-state index contributed by atoms with van der Waals surface area (Å²) in [5.74, 6) is 2.90. The van der Waals surface area contributed by atoms with Gasteiger partial charge in [0, 0.05) is 35.7 Å². The van der Waals surface area contributed by atoms with E-state index in [9.17, 15) is 4.79 Å². The number of nitrogens with one attached hydrogen (secondary N) is 1. The van der Waals surface area contributed by atoms with Crippen molar-refractivity contribution in [2.45, 2.75) is 46.1 Å². The Morgan fingerprint density at radius 2 is 1.97 bits per heavy atom. The Kier molecular flexibility index (Phi) is 6.41. The zero-order chi connectivity index (χ0) is 22.0. The summed E-state index contributed by atoms with van der Waals surface area (Å²) >= 11 is 1.73. The Morgan fingerprint density at radius 3 is 2.61 bits per heavy atom. The highest BCUT2D eigenvalue weighted by atomic mass is 32.1. The van der Waals surface area contributed by atoms with E-state index in [1.54, 1.807) is 18.4 Å². The van der Waals surface area contributed by atoms with E-state index >= 15 is 0 Å². The first-order chi connectivity index (χ1) is 15.0. The number of benzene rings is 1. The van der Waals surface area contributed by atoms with Crippen LogP contribution in [0.3, 0.4) is 0 Å². The smallest absolute Gasteiger partial charge is 0.223 e. The highest BCUT2D eigenvalue weighted by molar-refractivity contribution is 7.11. The molecule has 1 aliphatic heterocycles. The fourth-order valence-electron chi connectivity index (χ4n) is 4.19. The normalized spacial score (nSPS) is 15.8. The Hall–Kier alpha value is -2.67. The van der Waals surface area contributed by atoms with E-state index in [2.05, 4.69) is 34.4 Å². The molecule has 3 aromatic rings. The number of aryl methyl sites for hydroxylation is 2. The number of aromatic nitrogens is 2. The molecule has 0 aliphatic carbocycles. The summed E-state index contributed by atoms with van der Waals surface area (Å²) in [5, 5.41) is 6.47. The van der Waals surface area contributed by atoms with Gasteiger partial charge in [-0.15, -0.1) is 11.3 Å². The number of rotatable bonds is 6. The maximum absolute atomic E-state index is 12.9. The number of methoxy groups -OCH3 is 1. The second-order valence-electron chi connectivity index (χ2n) is 8.13. The van der Waals surface area contributed by atoms with Crippen LogP contribution in [0.2, 0.25) is 0 Å². The van der Waals surface area contributed by atoms with Crippen molar-refractivity contribution >= 4 is 34.0 Å². The van der Waals surface area contributed by atoms with Gasteiger partial charge >= 0.3 is 0 Å². The lowest BCUT2D eigenvalue weighted by atomic mass is 9.95. The van der Waals surface area contributed by atoms with Gasteiger partial charge in [0.25, 0.3) is 0 Å². The van der Waals surface area contributed by atoms with E-state index < -0.39 is 0 Å². The number of piperidine rings is 1. The van der Waals surface area contributed by atoms with Crippen LogP contribution in [0.25, 0.3) is 10.9 Å². The van der Waals surface area contributed by atoms with Crippen molar-refractivity contribution in [3.63, 3.8) is 0 Å². The van der Waals surface area contributed by atoms with E-state index in [4.69, 9.17) is 9.72 Å². The number of thiophene rings is 1. The fourth-order valence-corrected chi connectivity index (χ4v) is 4.96. The molecule has 6 nitrogen and oxygen atoms in total. The maximum atomic E-state index is 12.9. The number of hydrogen-bond donors (Lipinski definition) is 1. The molecule has 1 saturated heterocycles. The van der Waals surface area contributed by atoms with Crippen LogP contribution >= 0.6 is 11.3 Å². The first kappa shape index (κ1) is 21.6. The molecule has 1 fully saturated rings. The minimum absolute atomic E-state index is 0.0292. The Morgan fingerprint density at radius 1 is 1.26 bits per heavy atom. The van der Waals surface area contributed by atoms with Crippen molar-refractivity contribution in [1.29, 1.82) is 0 Å². The molecule has 0 saturated carbocycles. The van der Waals surface area contributed by atoms with Crippen molar-refractivity contribution in [2.75, 3.05) is 25.1 Å². The minimum Gasteiger partial charge on any atom is -0.497 e. The molecule has 164 valence electrons. The Balaban J connectivity index is 1.41. The molecule has 0 spiro atoms. The summed E-state index contributed by atoms with van der Waals surface area (Å²) in [6.45, 7) is 7.91. The van der Waals surface area contributed by atoms with E-state index in [0.29, 0.717) is 0 Å². The first-order valence-corrected chi connectivity index (χ1v) is 11.8. The van der Waals surface area contributed by atoms with Crippen LogP contribution in [0.1, 0.15) is 49.0 Å². The molecule has 1 aliphatic rings. The van der Waals surface area contributed by atoms with E-state index in [1.165, 1.54) is 10.3 Å². The lowest BCUT2D eigenvalue weighted by molar-refractivity contribution is -0.126. The monoisotopic (exact) mass is 438 g/mol. The molecule has 3 heterocycles. The molecular formula is C24H30N4O2S. The third kappa shape index (κ3) is 4.51. The topological polar surface area (TPSA) is 67.4 Å². The van der Waals surface area contributed by atoms with Crippen LogP contribution in [0, 0.1) is 12.8 Å². The van der Waals surface area contributed by atoms with Crippen molar-refractivity contribution < 1.29 is 9.53 Å². The van der Waals surface area contributed by atoms with Gasteiger partial charge in [-0.05, 0) is 44.4 Å². The van der Waals surface area contributed by atoms with Gasteiger partial charge in [-0.2, -0.15) is 0 Å². The molecule has 4 rings (SSSR count). The molecule has 1 atom stereocenters. The molecule has 7 heteroatoms.